The Balaban J connectivity index is 2.34. The van der Waals surface area contributed by atoms with Crippen LogP contribution in [0.15, 0.2) is 0 Å². The van der Waals surface area contributed by atoms with Crippen LogP contribution in [-0.4, -0.2) is 23.1 Å². The molecule has 0 N–H and O–H groups in total. The molecule has 0 saturated heterocycles. The van der Waals surface area contributed by atoms with E-state index in [0.717, 1.165) is 12.0 Å². The van der Waals surface area contributed by atoms with E-state index in [9.17, 15) is 0 Å². The van der Waals surface area contributed by atoms with E-state index in [2.05, 4.69) is 24.4 Å². The molecule has 0 heterocycles. The van der Waals surface area contributed by atoms with E-state index in [1.807, 2.05) is 11.9 Å². The molecule has 1 nitrogen and oxygen atoms in total. The largest absolute Gasteiger partial charge is 0.248 e. The van der Waals surface area contributed by atoms with Crippen molar-refractivity contribution in [1.29, 1.82) is 0 Å². The summed E-state index contributed by atoms with van der Waals surface area (Å²) in [4.78, 5) is 0. The van der Waals surface area contributed by atoms with E-state index in [4.69, 9.17) is 0 Å². The van der Waals surface area contributed by atoms with E-state index < -0.39 is 0 Å². The lowest BCUT2D eigenvalue weighted by Gasteiger charge is -2.33. The molecule has 0 bridgehead atoms. The van der Waals surface area contributed by atoms with Gasteiger partial charge in [-0.1, -0.05) is 45.1 Å². The van der Waals surface area contributed by atoms with Gasteiger partial charge in [0.25, 0.3) is 0 Å². The highest BCUT2D eigenvalue weighted by molar-refractivity contribution is 7.96. The lowest BCUT2D eigenvalue weighted by atomic mass is 9.95. The van der Waals surface area contributed by atoms with Crippen molar-refractivity contribution in [2.45, 2.75) is 52.0 Å². The normalized spacial score (nSPS) is 20.1. The highest BCUT2D eigenvalue weighted by atomic mass is 32.2. The fraction of sp³-hybridized carbons (Fsp3) is 1.00. The van der Waals surface area contributed by atoms with Gasteiger partial charge in [-0.2, -0.15) is 0 Å². The minimum atomic E-state index is 0.800. The monoisotopic (exact) mass is 201 g/mol. The Hall–Kier alpha value is 0.310. The molecule has 0 radical (unpaired) electrons. The predicted molar refractivity (Wildman–Crippen MR) is 61.9 cm³/mol. The third-order valence-electron chi connectivity index (χ3n) is 2.76. The van der Waals surface area contributed by atoms with Crippen LogP contribution < -0.4 is 0 Å². The lowest BCUT2D eigenvalue weighted by molar-refractivity contribution is 0.254. The number of hydrogen-bond acceptors (Lipinski definition) is 2. The molecule has 0 amide bonds. The molecule has 0 aromatic carbocycles. The summed E-state index contributed by atoms with van der Waals surface area (Å²) in [7, 11) is 0. The van der Waals surface area contributed by atoms with E-state index >= 15 is 0 Å². The third-order valence-corrected chi connectivity index (χ3v) is 3.68. The van der Waals surface area contributed by atoms with Crippen molar-refractivity contribution in [3.05, 3.63) is 0 Å². The second kappa shape index (κ2) is 5.92. The summed E-state index contributed by atoms with van der Waals surface area (Å²) in [5.41, 5.74) is 0. The first-order chi connectivity index (χ1) is 6.24. The van der Waals surface area contributed by atoms with Gasteiger partial charge in [-0.25, -0.2) is 4.31 Å². The van der Waals surface area contributed by atoms with Crippen LogP contribution in [0.4, 0.5) is 0 Å². The van der Waals surface area contributed by atoms with Gasteiger partial charge < -0.3 is 0 Å². The lowest BCUT2D eigenvalue weighted by Crippen LogP contribution is -2.33. The molecule has 1 fully saturated rings. The van der Waals surface area contributed by atoms with E-state index in [0.29, 0.717) is 0 Å². The van der Waals surface area contributed by atoms with Gasteiger partial charge in [0, 0.05) is 12.6 Å². The maximum atomic E-state index is 2.60. The summed E-state index contributed by atoms with van der Waals surface area (Å²) in [6.07, 6.45) is 9.41. The van der Waals surface area contributed by atoms with Crippen molar-refractivity contribution < 1.29 is 0 Å². The number of hydrogen-bond donors (Lipinski definition) is 0. The maximum Gasteiger partial charge on any atom is 0.0202 e. The minimum absolute atomic E-state index is 0.800. The molecule has 0 aromatic rings. The second-order valence-electron chi connectivity index (χ2n) is 4.47. The van der Waals surface area contributed by atoms with Gasteiger partial charge in [-0.05, 0) is 25.0 Å². The summed E-state index contributed by atoms with van der Waals surface area (Å²) in [5, 5.41) is 0. The number of rotatable bonds is 4. The molecular weight excluding hydrogens is 178 g/mol. The number of nitrogens with zero attached hydrogens (tertiary/aromatic N) is 1. The first kappa shape index (κ1) is 11.4. The Kier molecular flexibility index (Phi) is 5.18. The summed E-state index contributed by atoms with van der Waals surface area (Å²) in [6, 6.07) is 0.867. The van der Waals surface area contributed by atoms with Crippen LogP contribution in [-0.2, 0) is 0 Å². The van der Waals surface area contributed by atoms with Gasteiger partial charge in [0.1, 0.15) is 0 Å². The van der Waals surface area contributed by atoms with Crippen molar-refractivity contribution in [1.82, 2.24) is 4.31 Å². The van der Waals surface area contributed by atoms with Crippen molar-refractivity contribution in [3.63, 3.8) is 0 Å². The molecule has 2 heteroatoms. The zero-order chi connectivity index (χ0) is 9.68. The van der Waals surface area contributed by atoms with Gasteiger partial charge in [0.05, 0.1) is 0 Å². The minimum Gasteiger partial charge on any atom is -0.248 e. The standard InChI is InChI=1S/C11H23NS/c1-10(2)9-12(13-3)11-7-5-4-6-8-11/h10-11H,4-9H2,1-3H3. The molecular formula is C11H23NS. The van der Waals surface area contributed by atoms with Crippen LogP contribution >= 0.6 is 11.9 Å². The second-order valence-corrected chi connectivity index (χ2v) is 5.30. The molecule has 0 spiro atoms. The Morgan fingerprint density at radius 3 is 2.31 bits per heavy atom. The fourth-order valence-electron chi connectivity index (χ4n) is 2.10. The highest BCUT2D eigenvalue weighted by Gasteiger charge is 2.20. The Labute approximate surface area is 87.4 Å². The summed E-state index contributed by atoms with van der Waals surface area (Å²) in [5.74, 6) is 0.800. The smallest absolute Gasteiger partial charge is 0.0202 e. The molecule has 78 valence electrons. The maximum absolute atomic E-state index is 2.60. The van der Waals surface area contributed by atoms with Gasteiger partial charge >= 0.3 is 0 Å². The third kappa shape index (κ3) is 3.90. The van der Waals surface area contributed by atoms with Crippen LogP contribution in [0.2, 0.25) is 0 Å². The topological polar surface area (TPSA) is 3.24 Å². The van der Waals surface area contributed by atoms with E-state index in [-0.39, 0.29) is 0 Å². The molecule has 13 heavy (non-hydrogen) atoms. The van der Waals surface area contributed by atoms with Crippen LogP contribution in [0.5, 0.6) is 0 Å². The van der Waals surface area contributed by atoms with Crippen LogP contribution in [0.25, 0.3) is 0 Å². The molecule has 0 atom stereocenters. The fourth-order valence-corrected chi connectivity index (χ4v) is 3.06. The Morgan fingerprint density at radius 2 is 1.85 bits per heavy atom. The predicted octanol–water partition coefficient (Wildman–Crippen LogP) is 3.56. The Morgan fingerprint density at radius 1 is 1.23 bits per heavy atom. The zero-order valence-electron chi connectivity index (χ0n) is 9.25. The zero-order valence-corrected chi connectivity index (χ0v) is 10.1. The molecule has 1 aliphatic rings. The van der Waals surface area contributed by atoms with Gasteiger partial charge in [0.15, 0.2) is 0 Å². The molecule has 0 aromatic heterocycles. The molecule has 1 rings (SSSR count). The van der Waals surface area contributed by atoms with Crippen molar-refractivity contribution in [3.8, 4) is 0 Å². The quantitative estimate of drug-likeness (QED) is 0.640. The summed E-state index contributed by atoms with van der Waals surface area (Å²) >= 11 is 1.94. The Bertz CT molecular complexity index is 130. The van der Waals surface area contributed by atoms with Gasteiger partial charge in [0.2, 0.25) is 0 Å². The SMILES string of the molecule is CSN(CC(C)C)C1CCCCC1. The molecule has 0 unspecified atom stereocenters. The summed E-state index contributed by atoms with van der Waals surface area (Å²) in [6.45, 7) is 5.88. The van der Waals surface area contributed by atoms with E-state index in [1.165, 1.54) is 38.6 Å². The van der Waals surface area contributed by atoms with E-state index in [1.54, 1.807) is 0 Å². The average molecular weight is 201 g/mol. The van der Waals surface area contributed by atoms with Crippen molar-refractivity contribution in [2.75, 3.05) is 12.8 Å². The van der Waals surface area contributed by atoms with Crippen LogP contribution in [0, 0.1) is 5.92 Å². The van der Waals surface area contributed by atoms with Gasteiger partial charge in [-0.3, -0.25) is 0 Å². The molecule has 1 aliphatic carbocycles. The molecule has 0 aliphatic heterocycles. The highest BCUT2D eigenvalue weighted by Crippen LogP contribution is 2.26. The first-order valence-corrected chi connectivity index (χ1v) is 6.73. The first-order valence-electron chi connectivity index (χ1n) is 5.54. The average Bonchev–Trinajstić information content (AvgIpc) is 2.15. The van der Waals surface area contributed by atoms with Crippen molar-refractivity contribution >= 4 is 11.9 Å². The van der Waals surface area contributed by atoms with Crippen LogP contribution in [0.3, 0.4) is 0 Å². The summed E-state index contributed by atoms with van der Waals surface area (Å²) < 4.78 is 2.60. The molecule has 1 saturated carbocycles. The van der Waals surface area contributed by atoms with Crippen molar-refractivity contribution in [2.24, 2.45) is 5.92 Å². The van der Waals surface area contributed by atoms with Crippen LogP contribution in [0.1, 0.15) is 46.0 Å². The van der Waals surface area contributed by atoms with Gasteiger partial charge in [-0.15, -0.1) is 0 Å².